The SMILES string of the molecule is CNCC1(CN(C)c2ccc3ccccc3c2)CC1. The van der Waals surface area contributed by atoms with Gasteiger partial charge in [0.05, 0.1) is 0 Å². The van der Waals surface area contributed by atoms with Gasteiger partial charge in [0.1, 0.15) is 0 Å². The summed E-state index contributed by atoms with van der Waals surface area (Å²) in [5.74, 6) is 0. The lowest BCUT2D eigenvalue weighted by atomic mass is 10.1. The van der Waals surface area contributed by atoms with E-state index >= 15 is 0 Å². The Morgan fingerprint density at radius 3 is 2.53 bits per heavy atom. The predicted molar refractivity (Wildman–Crippen MR) is 82.8 cm³/mol. The van der Waals surface area contributed by atoms with Crippen molar-refractivity contribution in [3.05, 3.63) is 42.5 Å². The molecule has 3 rings (SSSR count). The Morgan fingerprint density at radius 2 is 1.84 bits per heavy atom. The maximum atomic E-state index is 3.33. The Morgan fingerprint density at radius 1 is 1.11 bits per heavy atom. The predicted octanol–water partition coefficient (Wildman–Crippen LogP) is 3.28. The lowest BCUT2D eigenvalue weighted by Gasteiger charge is -2.25. The molecule has 1 saturated carbocycles. The highest BCUT2D eigenvalue weighted by Crippen LogP contribution is 2.46. The first kappa shape index (κ1) is 12.5. The largest absolute Gasteiger partial charge is 0.374 e. The van der Waals surface area contributed by atoms with E-state index in [9.17, 15) is 0 Å². The lowest BCUT2D eigenvalue weighted by molar-refractivity contribution is 0.482. The first-order valence-electron chi connectivity index (χ1n) is 7.07. The van der Waals surface area contributed by atoms with Crippen LogP contribution < -0.4 is 10.2 Å². The summed E-state index contributed by atoms with van der Waals surface area (Å²) < 4.78 is 0. The molecule has 0 radical (unpaired) electrons. The number of anilines is 1. The van der Waals surface area contributed by atoms with E-state index in [0.717, 1.165) is 13.1 Å². The molecule has 1 aliphatic rings. The summed E-state index contributed by atoms with van der Waals surface area (Å²) in [5.41, 5.74) is 1.83. The maximum Gasteiger partial charge on any atom is 0.0370 e. The van der Waals surface area contributed by atoms with Crippen LogP contribution in [0.4, 0.5) is 5.69 Å². The number of benzene rings is 2. The highest BCUT2D eigenvalue weighted by molar-refractivity contribution is 5.85. The Labute approximate surface area is 115 Å². The molecule has 2 heteroatoms. The summed E-state index contributed by atoms with van der Waals surface area (Å²) in [6.07, 6.45) is 2.71. The molecule has 1 aliphatic carbocycles. The van der Waals surface area contributed by atoms with Crippen LogP contribution in [-0.4, -0.2) is 27.2 Å². The Balaban J connectivity index is 1.79. The Bertz CT molecular complexity index is 572. The van der Waals surface area contributed by atoms with Crippen molar-refractivity contribution in [3.8, 4) is 0 Å². The van der Waals surface area contributed by atoms with Crippen molar-refractivity contribution in [1.29, 1.82) is 0 Å². The normalized spacial score (nSPS) is 16.5. The minimum Gasteiger partial charge on any atom is -0.374 e. The molecular formula is C17H22N2. The molecule has 0 aromatic heterocycles. The van der Waals surface area contributed by atoms with Gasteiger partial charge in [0.2, 0.25) is 0 Å². The van der Waals surface area contributed by atoms with E-state index < -0.39 is 0 Å². The van der Waals surface area contributed by atoms with Gasteiger partial charge in [-0.1, -0.05) is 30.3 Å². The highest BCUT2D eigenvalue weighted by Gasteiger charge is 2.42. The fourth-order valence-electron chi connectivity index (χ4n) is 2.95. The summed E-state index contributed by atoms with van der Waals surface area (Å²) in [4.78, 5) is 2.40. The smallest absolute Gasteiger partial charge is 0.0370 e. The molecule has 19 heavy (non-hydrogen) atoms. The van der Waals surface area contributed by atoms with Gasteiger partial charge in [-0.15, -0.1) is 0 Å². The third kappa shape index (κ3) is 2.59. The van der Waals surface area contributed by atoms with E-state index in [1.807, 2.05) is 0 Å². The van der Waals surface area contributed by atoms with E-state index in [0.29, 0.717) is 5.41 Å². The topological polar surface area (TPSA) is 15.3 Å². The van der Waals surface area contributed by atoms with Crippen LogP contribution in [0.3, 0.4) is 0 Å². The van der Waals surface area contributed by atoms with Gasteiger partial charge in [-0.25, -0.2) is 0 Å². The standard InChI is InChI=1S/C17H22N2/c1-18-12-17(9-10-17)13-19(2)16-8-7-14-5-3-4-6-15(14)11-16/h3-8,11,18H,9-10,12-13H2,1-2H3. The van der Waals surface area contributed by atoms with Crippen LogP contribution in [0.5, 0.6) is 0 Å². The molecule has 2 nitrogen and oxygen atoms in total. The van der Waals surface area contributed by atoms with Gasteiger partial charge >= 0.3 is 0 Å². The van der Waals surface area contributed by atoms with E-state index in [1.165, 1.54) is 29.3 Å². The van der Waals surface area contributed by atoms with Crippen LogP contribution in [0.2, 0.25) is 0 Å². The van der Waals surface area contributed by atoms with Gasteiger partial charge in [0, 0.05) is 31.2 Å². The van der Waals surface area contributed by atoms with Gasteiger partial charge in [-0.3, -0.25) is 0 Å². The maximum absolute atomic E-state index is 3.33. The van der Waals surface area contributed by atoms with Gasteiger partial charge in [0.25, 0.3) is 0 Å². The average molecular weight is 254 g/mol. The zero-order chi connectivity index (χ0) is 13.3. The van der Waals surface area contributed by atoms with Crippen molar-refractivity contribution in [2.75, 3.05) is 32.1 Å². The molecule has 0 amide bonds. The number of hydrogen-bond acceptors (Lipinski definition) is 2. The lowest BCUT2D eigenvalue weighted by Crippen LogP contribution is -2.32. The van der Waals surface area contributed by atoms with Gasteiger partial charge < -0.3 is 10.2 Å². The molecule has 2 aromatic carbocycles. The number of nitrogens with zero attached hydrogens (tertiary/aromatic N) is 1. The van der Waals surface area contributed by atoms with Crippen LogP contribution in [0, 0.1) is 5.41 Å². The molecule has 1 N–H and O–H groups in total. The van der Waals surface area contributed by atoms with Crippen LogP contribution in [0.1, 0.15) is 12.8 Å². The van der Waals surface area contributed by atoms with Gasteiger partial charge in [-0.2, -0.15) is 0 Å². The summed E-state index contributed by atoms with van der Waals surface area (Å²) in [5, 5.41) is 5.97. The molecule has 100 valence electrons. The summed E-state index contributed by atoms with van der Waals surface area (Å²) >= 11 is 0. The molecule has 0 heterocycles. The molecule has 0 unspecified atom stereocenters. The molecule has 0 saturated heterocycles. The Kier molecular flexibility index (Phi) is 3.19. The first-order valence-corrected chi connectivity index (χ1v) is 7.07. The minimum atomic E-state index is 0.509. The van der Waals surface area contributed by atoms with Crippen LogP contribution in [0.15, 0.2) is 42.5 Å². The quantitative estimate of drug-likeness (QED) is 0.881. The van der Waals surface area contributed by atoms with Crippen LogP contribution in [0.25, 0.3) is 10.8 Å². The number of hydrogen-bond donors (Lipinski definition) is 1. The second-order valence-electron chi connectivity index (χ2n) is 5.92. The molecular weight excluding hydrogens is 232 g/mol. The van der Waals surface area contributed by atoms with Crippen molar-refractivity contribution >= 4 is 16.5 Å². The number of fused-ring (bicyclic) bond motifs is 1. The first-order chi connectivity index (χ1) is 9.22. The zero-order valence-corrected chi connectivity index (χ0v) is 11.8. The Hall–Kier alpha value is -1.54. The summed E-state index contributed by atoms with van der Waals surface area (Å²) in [6, 6.07) is 15.3. The third-order valence-corrected chi connectivity index (χ3v) is 4.26. The molecule has 0 bridgehead atoms. The molecule has 0 atom stereocenters. The van der Waals surface area contributed by atoms with Crippen molar-refractivity contribution in [3.63, 3.8) is 0 Å². The van der Waals surface area contributed by atoms with E-state index in [4.69, 9.17) is 0 Å². The van der Waals surface area contributed by atoms with Crippen LogP contribution in [-0.2, 0) is 0 Å². The highest BCUT2D eigenvalue weighted by atomic mass is 15.1. The summed E-state index contributed by atoms with van der Waals surface area (Å²) in [7, 11) is 4.26. The average Bonchev–Trinajstić information content (AvgIpc) is 3.18. The second kappa shape index (κ2) is 4.86. The monoisotopic (exact) mass is 254 g/mol. The molecule has 0 spiro atoms. The van der Waals surface area contributed by atoms with Gasteiger partial charge in [0.15, 0.2) is 0 Å². The minimum absolute atomic E-state index is 0.509. The summed E-state index contributed by atoms with van der Waals surface area (Å²) in [6.45, 7) is 2.27. The van der Waals surface area contributed by atoms with Crippen molar-refractivity contribution in [1.82, 2.24) is 5.32 Å². The van der Waals surface area contributed by atoms with Crippen LogP contribution >= 0.6 is 0 Å². The van der Waals surface area contributed by atoms with Crippen molar-refractivity contribution in [2.24, 2.45) is 5.41 Å². The second-order valence-corrected chi connectivity index (χ2v) is 5.92. The fourth-order valence-corrected chi connectivity index (χ4v) is 2.95. The van der Waals surface area contributed by atoms with E-state index in [-0.39, 0.29) is 0 Å². The number of nitrogens with one attached hydrogen (secondary N) is 1. The van der Waals surface area contributed by atoms with Crippen molar-refractivity contribution in [2.45, 2.75) is 12.8 Å². The zero-order valence-electron chi connectivity index (χ0n) is 11.8. The van der Waals surface area contributed by atoms with Crippen molar-refractivity contribution < 1.29 is 0 Å². The molecule has 0 aliphatic heterocycles. The number of rotatable bonds is 5. The molecule has 1 fully saturated rings. The van der Waals surface area contributed by atoms with E-state index in [2.05, 4.69) is 66.8 Å². The van der Waals surface area contributed by atoms with E-state index in [1.54, 1.807) is 0 Å². The molecule has 2 aromatic rings. The van der Waals surface area contributed by atoms with Gasteiger partial charge in [-0.05, 0) is 42.8 Å². The third-order valence-electron chi connectivity index (χ3n) is 4.26. The fraction of sp³-hybridized carbons (Fsp3) is 0.412.